The van der Waals surface area contributed by atoms with Crippen LogP contribution in [0.3, 0.4) is 0 Å². The Morgan fingerprint density at radius 3 is 2.50 bits per heavy atom. The van der Waals surface area contributed by atoms with Gasteiger partial charge in [-0.25, -0.2) is 0 Å². The quantitative estimate of drug-likeness (QED) is 0.861. The minimum absolute atomic E-state index is 0.0935. The van der Waals surface area contributed by atoms with Crippen LogP contribution in [0.4, 0.5) is 17.2 Å². The molecule has 1 saturated heterocycles. The maximum Gasteiger partial charge on any atom is 0.227 e. The van der Waals surface area contributed by atoms with Crippen LogP contribution < -0.4 is 15.1 Å². The zero-order valence-electron chi connectivity index (χ0n) is 15.2. The third-order valence-corrected chi connectivity index (χ3v) is 4.47. The van der Waals surface area contributed by atoms with Gasteiger partial charge in [-0.3, -0.25) is 9.59 Å². The number of anilines is 3. The van der Waals surface area contributed by atoms with E-state index >= 15 is 0 Å². The Hall–Kier alpha value is -2.83. The molecular weight excluding hydrogens is 332 g/mol. The molecule has 2 aromatic rings. The zero-order chi connectivity index (χ0) is 18.5. The van der Waals surface area contributed by atoms with E-state index < -0.39 is 0 Å². The van der Waals surface area contributed by atoms with Crippen LogP contribution in [0, 0.1) is 6.92 Å². The predicted octanol–water partition coefficient (Wildman–Crippen LogP) is 2.96. The largest absolute Gasteiger partial charge is 0.372 e. The number of nitrogens with zero attached hydrogens (tertiary/aromatic N) is 3. The molecule has 0 aliphatic carbocycles. The SMILES string of the molecule is CC(=O)N(CCC(=O)Nc1cc(C)on1)c1ccc(N2CCCC2)cc1. The van der Waals surface area contributed by atoms with Crippen LogP contribution in [-0.2, 0) is 9.59 Å². The normalized spacial score (nSPS) is 13.7. The molecule has 2 amide bonds. The molecule has 1 aromatic carbocycles. The van der Waals surface area contributed by atoms with Gasteiger partial charge in [0.05, 0.1) is 0 Å². The average Bonchev–Trinajstić information content (AvgIpc) is 3.27. The van der Waals surface area contributed by atoms with Crippen LogP contribution in [0.2, 0.25) is 0 Å². The van der Waals surface area contributed by atoms with Gasteiger partial charge in [0.1, 0.15) is 5.76 Å². The first-order valence-electron chi connectivity index (χ1n) is 8.89. The van der Waals surface area contributed by atoms with Gasteiger partial charge in [0.15, 0.2) is 5.82 Å². The maximum absolute atomic E-state index is 12.1. The Bertz CT molecular complexity index is 763. The van der Waals surface area contributed by atoms with E-state index in [1.807, 2.05) is 24.3 Å². The maximum atomic E-state index is 12.1. The second-order valence-electron chi connectivity index (χ2n) is 6.50. The number of hydrogen-bond acceptors (Lipinski definition) is 5. The third kappa shape index (κ3) is 4.41. The van der Waals surface area contributed by atoms with E-state index in [-0.39, 0.29) is 18.2 Å². The lowest BCUT2D eigenvalue weighted by Gasteiger charge is -2.23. The van der Waals surface area contributed by atoms with Crippen LogP contribution in [0.5, 0.6) is 0 Å². The van der Waals surface area contributed by atoms with E-state index in [0.717, 1.165) is 18.8 Å². The fourth-order valence-corrected chi connectivity index (χ4v) is 3.13. The molecule has 3 rings (SSSR count). The van der Waals surface area contributed by atoms with E-state index in [2.05, 4.69) is 15.4 Å². The van der Waals surface area contributed by atoms with Crippen LogP contribution in [0.1, 0.15) is 31.9 Å². The van der Waals surface area contributed by atoms with Crippen molar-refractivity contribution in [3.05, 3.63) is 36.1 Å². The van der Waals surface area contributed by atoms with E-state index in [1.165, 1.54) is 25.5 Å². The summed E-state index contributed by atoms with van der Waals surface area (Å²) in [6.07, 6.45) is 2.63. The van der Waals surface area contributed by atoms with Gasteiger partial charge >= 0.3 is 0 Å². The molecule has 1 aromatic heterocycles. The number of nitrogens with one attached hydrogen (secondary N) is 1. The van der Waals surface area contributed by atoms with Crippen molar-refractivity contribution in [3.8, 4) is 0 Å². The van der Waals surface area contributed by atoms with E-state index in [9.17, 15) is 9.59 Å². The van der Waals surface area contributed by atoms with E-state index in [0.29, 0.717) is 18.1 Å². The molecule has 138 valence electrons. The van der Waals surface area contributed by atoms with Crippen molar-refractivity contribution >= 4 is 29.0 Å². The summed E-state index contributed by atoms with van der Waals surface area (Å²) in [5.74, 6) is 0.711. The number of carbonyl (C=O) groups excluding carboxylic acids is 2. The molecule has 7 heteroatoms. The predicted molar refractivity (Wildman–Crippen MR) is 100 cm³/mol. The summed E-state index contributed by atoms with van der Waals surface area (Å²) < 4.78 is 4.92. The molecule has 0 radical (unpaired) electrons. The highest BCUT2D eigenvalue weighted by molar-refractivity contribution is 5.94. The monoisotopic (exact) mass is 356 g/mol. The standard InChI is InChI=1S/C19H24N4O3/c1-14-13-18(21-26-14)20-19(25)9-12-23(15(2)24)17-7-5-16(6-8-17)22-10-3-4-11-22/h5-8,13H,3-4,9-12H2,1-2H3,(H,20,21,25). The molecule has 0 atom stereocenters. The number of aryl methyl sites for hydroxylation is 1. The van der Waals surface area contributed by atoms with Crippen LogP contribution in [0.15, 0.2) is 34.9 Å². The van der Waals surface area contributed by atoms with Crippen LogP contribution >= 0.6 is 0 Å². The summed E-state index contributed by atoms with van der Waals surface area (Å²) in [6.45, 7) is 5.73. The Morgan fingerprint density at radius 2 is 1.92 bits per heavy atom. The molecule has 1 N–H and O–H groups in total. The minimum Gasteiger partial charge on any atom is -0.372 e. The highest BCUT2D eigenvalue weighted by atomic mass is 16.5. The summed E-state index contributed by atoms with van der Waals surface area (Å²) in [7, 11) is 0. The van der Waals surface area contributed by atoms with Crippen molar-refractivity contribution in [1.29, 1.82) is 0 Å². The highest BCUT2D eigenvalue weighted by Crippen LogP contribution is 2.24. The minimum atomic E-state index is -0.210. The second kappa shape index (κ2) is 8.03. The van der Waals surface area contributed by atoms with Crippen LogP contribution in [0.25, 0.3) is 0 Å². The average molecular weight is 356 g/mol. The van der Waals surface area contributed by atoms with Crippen molar-refractivity contribution < 1.29 is 14.1 Å². The van der Waals surface area contributed by atoms with Crippen molar-refractivity contribution in [2.24, 2.45) is 0 Å². The van der Waals surface area contributed by atoms with Gasteiger partial charge in [0, 0.05) is 50.4 Å². The number of hydrogen-bond donors (Lipinski definition) is 1. The first-order chi connectivity index (χ1) is 12.5. The Morgan fingerprint density at radius 1 is 1.23 bits per heavy atom. The molecule has 0 unspecified atom stereocenters. The summed E-state index contributed by atoms with van der Waals surface area (Å²) in [5, 5.41) is 6.40. The van der Waals surface area contributed by atoms with Gasteiger partial charge in [-0.1, -0.05) is 5.16 Å². The number of benzene rings is 1. The summed E-state index contributed by atoms with van der Waals surface area (Å²) >= 11 is 0. The van der Waals surface area contributed by atoms with Gasteiger partial charge < -0.3 is 19.6 Å². The smallest absolute Gasteiger partial charge is 0.227 e. The summed E-state index contributed by atoms with van der Waals surface area (Å²) in [6, 6.07) is 9.60. The number of aromatic nitrogens is 1. The van der Waals surface area contributed by atoms with Crippen molar-refractivity contribution in [3.63, 3.8) is 0 Å². The fourth-order valence-electron chi connectivity index (χ4n) is 3.13. The number of rotatable bonds is 6. The first-order valence-corrected chi connectivity index (χ1v) is 8.89. The molecule has 0 spiro atoms. The van der Waals surface area contributed by atoms with Crippen molar-refractivity contribution in [2.45, 2.75) is 33.1 Å². The van der Waals surface area contributed by atoms with Gasteiger partial charge in [-0.15, -0.1) is 0 Å². The van der Waals surface area contributed by atoms with Gasteiger partial charge in [0.2, 0.25) is 11.8 Å². The molecule has 26 heavy (non-hydrogen) atoms. The molecule has 0 saturated carbocycles. The zero-order valence-corrected chi connectivity index (χ0v) is 15.2. The summed E-state index contributed by atoms with van der Waals surface area (Å²) in [5.41, 5.74) is 1.97. The van der Waals surface area contributed by atoms with Crippen molar-refractivity contribution in [1.82, 2.24) is 5.16 Å². The molecule has 7 nitrogen and oxygen atoms in total. The molecule has 1 fully saturated rings. The Kier molecular flexibility index (Phi) is 5.55. The number of carbonyl (C=O) groups is 2. The second-order valence-corrected chi connectivity index (χ2v) is 6.50. The molecule has 1 aliphatic heterocycles. The first kappa shape index (κ1) is 18.0. The Balaban J connectivity index is 1.59. The number of amides is 2. The van der Waals surface area contributed by atoms with Crippen molar-refractivity contribution in [2.75, 3.05) is 34.8 Å². The van der Waals surface area contributed by atoms with E-state index in [4.69, 9.17) is 4.52 Å². The fraction of sp³-hybridized carbons (Fsp3) is 0.421. The van der Waals surface area contributed by atoms with E-state index in [1.54, 1.807) is 17.9 Å². The van der Waals surface area contributed by atoms with Gasteiger partial charge in [-0.2, -0.15) is 0 Å². The van der Waals surface area contributed by atoms with Gasteiger partial charge in [-0.05, 0) is 44.0 Å². The molecule has 1 aliphatic rings. The lowest BCUT2D eigenvalue weighted by Crippen LogP contribution is -2.32. The van der Waals surface area contributed by atoms with Gasteiger partial charge in [0.25, 0.3) is 0 Å². The third-order valence-electron chi connectivity index (χ3n) is 4.47. The Labute approximate surface area is 152 Å². The highest BCUT2D eigenvalue weighted by Gasteiger charge is 2.16. The molecule has 2 heterocycles. The summed E-state index contributed by atoms with van der Waals surface area (Å²) in [4.78, 5) is 28.0. The molecular formula is C19H24N4O3. The lowest BCUT2D eigenvalue weighted by atomic mass is 10.2. The molecule has 0 bridgehead atoms. The van der Waals surface area contributed by atoms with Crippen LogP contribution in [-0.4, -0.2) is 36.6 Å². The topological polar surface area (TPSA) is 78.7 Å². The lowest BCUT2D eigenvalue weighted by molar-refractivity contribution is -0.117.